The van der Waals surface area contributed by atoms with Gasteiger partial charge in [-0.2, -0.15) is 0 Å². The third-order valence-electron chi connectivity index (χ3n) is 3.52. The number of hydrogen-bond acceptors (Lipinski definition) is 3. The Hall–Kier alpha value is -2.51. The van der Waals surface area contributed by atoms with Gasteiger partial charge in [0.15, 0.2) is 0 Å². The summed E-state index contributed by atoms with van der Waals surface area (Å²) in [5.41, 5.74) is 0.0775. The number of nitrogens with one attached hydrogen (secondary N) is 1. The highest BCUT2D eigenvalue weighted by Gasteiger charge is 2.35. The number of anilines is 1. The molecular formula is C15H16F2N2O4. The predicted molar refractivity (Wildman–Crippen MR) is 76.7 cm³/mol. The molecule has 0 spiro atoms. The Balaban J connectivity index is 1.94. The SMILES string of the molecule is O=C(O)CCCNC(=O)[C@H]1CC(=O)N(c2cc(F)cc(F)c2)C1. The Labute approximate surface area is 131 Å². The molecule has 0 radical (unpaired) electrons. The van der Waals surface area contributed by atoms with E-state index in [1.807, 2.05) is 0 Å². The van der Waals surface area contributed by atoms with Crippen molar-refractivity contribution in [3.63, 3.8) is 0 Å². The Bertz CT molecular complexity index is 616. The second kappa shape index (κ2) is 7.17. The van der Waals surface area contributed by atoms with E-state index in [4.69, 9.17) is 5.11 Å². The Kier molecular flexibility index (Phi) is 5.25. The van der Waals surface area contributed by atoms with E-state index in [2.05, 4.69) is 5.32 Å². The van der Waals surface area contributed by atoms with Crippen LogP contribution in [0.5, 0.6) is 0 Å². The minimum Gasteiger partial charge on any atom is -0.481 e. The zero-order valence-corrected chi connectivity index (χ0v) is 12.2. The van der Waals surface area contributed by atoms with Crippen molar-refractivity contribution in [3.8, 4) is 0 Å². The van der Waals surface area contributed by atoms with Crippen LogP contribution in [0.15, 0.2) is 18.2 Å². The summed E-state index contributed by atoms with van der Waals surface area (Å²) in [5, 5.41) is 11.1. The van der Waals surface area contributed by atoms with E-state index < -0.39 is 23.5 Å². The average Bonchev–Trinajstić information content (AvgIpc) is 2.84. The van der Waals surface area contributed by atoms with Crippen molar-refractivity contribution in [2.24, 2.45) is 5.92 Å². The molecule has 1 fully saturated rings. The van der Waals surface area contributed by atoms with Gasteiger partial charge >= 0.3 is 5.97 Å². The molecule has 1 atom stereocenters. The van der Waals surface area contributed by atoms with Gasteiger partial charge in [-0.05, 0) is 18.6 Å². The fourth-order valence-electron chi connectivity index (χ4n) is 2.42. The lowest BCUT2D eigenvalue weighted by molar-refractivity contribution is -0.137. The average molecular weight is 326 g/mol. The van der Waals surface area contributed by atoms with Gasteiger partial charge in [0.2, 0.25) is 11.8 Å². The maximum Gasteiger partial charge on any atom is 0.303 e. The molecule has 1 aliphatic heterocycles. The third-order valence-corrected chi connectivity index (χ3v) is 3.52. The van der Waals surface area contributed by atoms with Crippen LogP contribution < -0.4 is 10.2 Å². The summed E-state index contributed by atoms with van der Waals surface area (Å²) in [5.74, 6) is -3.93. The number of carboxylic acid groups (broad SMARTS) is 1. The molecule has 1 aromatic carbocycles. The third kappa shape index (κ3) is 4.48. The number of amides is 2. The molecule has 0 aliphatic carbocycles. The van der Waals surface area contributed by atoms with Crippen molar-refractivity contribution >= 4 is 23.5 Å². The summed E-state index contributed by atoms with van der Waals surface area (Å²) >= 11 is 0. The van der Waals surface area contributed by atoms with Crippen LogP contribution in [-0.4, -0.2) is 36.0 Å². The molecule has 1 saturated heterocycles. The Morgan fingerprint density at radius 2 is 1.91 bits per heavy atom. The number of rotatable bonds is 6. The first-order valence-corrected chi connectivity index (χ1v) is 7.13. The molecule has 1 aliphatic rings. The number of carbonyl (C=O) groups is 3. The van der Waals surface area contributed by atoms with Crippen LogP contribution in [0.25, 0.3) is 0 Å². The maximum atomic E-state index is 13.2. The molecule has 2 amide bonds. The summed E-state index contributed by atoms with van der Waals surface area (Å²) in [7, 11) is 0. The molecule has 0 saturated carbocycles. The minimum absolute atomic E-state index is 0.0342. The number of halogens is 2. The Morgan fingerprint density at radius 3 is 2.52 bits per heavy atom. The van der Waals surface area contributed by atoms with Crippen LogP contribution in [0.2, 0.25) is 0 Å². The van der Waals surface area contributed by atoms with Crippen LogP contribution in [-0.2, 0) is 14.4 Å². The Morgan fingerprint density at radius 1 is 1.26 bits per heavy atom. The lowest BCUT2D eigenvalue weighted by Crippen LogP contribution is -2.33. The van der Waals surface area contributed by atoms with Crippen molar-refractivity contribution in [1.29, 1.82) is 0 Å². The standard InChI is InChI=1S/C15H16F2N2O4/c16-10-5-11(17)7-12(6-10)19-8-9(4-13(19)20)15(23)18-3-1-2-14(21)22/h5-7,9H,1-4,8H2,(H,18,23)(H,21,22)/t9-/m0/s1. The molecule has 2 N–H and O–H groups in total. The van der Waals surface area contributed by atoms with E-state index >= 15 is 0 Å². The fourth-order valence-corrected chi connectivity index (χ4v) is 2.42. The number of benzene rings is 1. The van der Waals surface area contributed by atoms with E-state index in [-0.39, 0.29) is 43.4 Å². The maximum absolute atomic E-state index is 13.2. The highest BCUT2D eigenvalue weighted by atomic mass is 19.1. The van der Waals surface area contributed by atoms with Gasteiger partial charge in [0.1, 0.15) is 11.6 Å². The van der Waals surface area contributed by atoms with E-state index in [0.29, 0.717) is 12.5 Å². The topological polar surface area (TPSA) is 86.7 Å². The quantitative estimate of drug-likeness (QED) is 0.772. The monoisotopic (exact) mass is 326 g/mol. The second-order valence-electron chi connectivity index (χ2n) is 5.32. The second-order valence-corrected chi connectivity index (χ2v) is 5.32. The highest BCUT2D eigenvalue weighted by Crippen LogP contribution is 2.26. The van der Waals surface area contributed by atoms with E-state index in [1.54, 1.807) is 0 Å². The summed E-state index contributed by atoms with van der Waals surface area (Å²) in [6.45, 7) is 0.233. The lowest BCUT2D eigenvalue weighted by atomic mass is 10.1. The molecule has 23 heavy (non-hydrogen) atoms. The largest absolute Gasteiger partial charge is 0.481 e. The minimum atomic E-state index is -0.949. The van der Waals surface area contributed by atoms with Crippen molar-refractivity contribution in [1.82, 2.24) is 5.32 Å². The normalized spacial score (nSPS) is 17.4. The number of carboxylic acids is 1. The molecule has 0 bridgehead atoms. The first-order chi connectivity index (χ1) is 10.9. The van der Waals surface area contributed by atoms with E-state index in [9.17, 15) is 23.2 Å². The zero-order valence-electron chi connectivity index (χ0n) is 12.2. The van der Waals surface area contributed by atoms with Gasteiger partial charge in [-0.25, -0.2) is 8.78 Å². The molecule has 0 aromatic heterocycles. The van der Waals surface area contributed by atoms with Gasteiger partial charge < -0.3 is 15.3 Å². The van der Waals surface area contributed by atoms with Gasteiger partial charge in [-0.15, -0.1) is 0 Å². The molecule has 1 heterocycles. The number of hydrogen-bond donors (Lipinski definition) is 2. The van der Waals surface area contributed by atoms with Crippen LogP contribution in [0.4, 0.5) is 14.5 Å². The predicted octanol–water partition coefficient (Wildman–Crippen LogP) is 1.30. The van der Waals surface area contributed by atoms with Crippen LogP contribution >= 0.6 is 0 Å². The summed E-state index contributed by atoms with van der Waals surface area (Å²) in [6.07, 6.45) is 0.183. The number of carbonyl (C=O) groups excluding carboxylic acids is 2. The van der Waals surface area contributed by atoms with E-state index in [0.717, 1.165) is 12.1 Å². The summed E-state index contributed by atoms with van der Waals surface area (Å²) in [4.78, 5) is 35.5. The smallest absolute Gasteiger partial charge is 0.303 e. The molecule has 0 unspecified atom stereocenters. The van der Waals surface area contributed by atoms with Gasteiger partial charge in [0.05, 0.1) is 5.92 Å². The molecule has 6 nitrogen and oxygen atoms in total. The molecule has 124 valence electrons. The van der Waals surface area contributed by atoms with Crippen LogP contribution in [0, 0.1) is 17.6 Å². The van der Waals surface area contributed by atoms with Gasteiger partial charge in [0.25, 0.3) is 0 Å². The van der Waals surface area contributed by atoms with Crippen molar-refractivity contribution in [2.45, 2.75) is 19.3 Å². The molecular weight excluding hydrogens is 310 g/mol. The number of nitrogens with zero attached hydrogens (tertiary/aromatic N) is 1. The molecule has 2 rings (SSSR count). The molecule has 1 aromatic rings. The van der Waals surface area contributed by atoms with E-state index in [1.165, 1.54) is 4.90 Å². The first-order valence-electron chi connectivity index (χ1n) is 7.13. The van der Waals surface area contributed by atoms with Crippen molar-refractivity contribution < 1.29 is 28.3 Å². The summed E-state index contributed by atoms with van der Waals surface area (Å²) in [6, 6.07) is 2.78. The molecule has 8 heteroatoms. The summed E-state index contributed by atoms with van der Waals surface area (Å²) < 4.78 is 26.5. The highest BCUT2D eigenvalue weighted by molar-refractivity contribution is 6.00. The van der Waals surface area contributed by atoms with Crippen LogP contribution in [0.1, 0.15) is 19.3 Å². The van der Waals surface area contributed by atoms with Gasteiger partial charge in [0, 0.05) is 37.7 Å². The van der Waals surface area contributed by atoms with Gasteiger partial charge in [-0.1, -0.05) is 0 Å². The van der Waals surface area contributed by atoms with Crippen molar-refractivity contribution in [2.75, 3.05) is 18.0 Å². The first kappa shape index (κ1) is 16.9. The number of aliphatic carboxylic acids is 1. The fraction of sp³-hybridized carbons (Fsp3) is 0.400. The lowest BCUT2D eigenvalue weighted by Gasteiger charge is -2.17. The van der Waals surface area contributed by atoms with Gasteiger partial charge in [-0.3, -0.25) is 14.4 Å². The van der Waals surface area contributed by atoms with Crippen molar-refractivity contribution in [3.05, 3.63) is 29.8 Å². The van der Waals surface area contributed by atoms with Crippen LogP contribution in [0.3, 0.4) is 0 Å². The zero-order chi connectivity index (χ0) is 17.0.